The minimum absolute atomic E-state index is 0.0405. The molecule has 0 spiro atoms. The van der Waals surface area contributed by atoms with Crippen LogP contribution in [0.15, 0.2) is 18.2 Å². The largest absolute Gasteiger partial charge is 0.489 e. The first kappa shape index (κ1) is 14.7. The summed E-state index contributed by atoms with van der Waals surface area (Å²) in [6.45, 7) is 5.63. The molecule has 2 N–H and O–H groups in total. The second-order valence-corrected chi connectivity index (χ2v) is 5.17. The Balaban J connectivity index is 2.65. The molecule has 0 radical (unpaired) electrons. The number of carbonyl (C=O) groups excluding carboxylic acids is 1. The van der Waals surface area contributed by atoms with Gasteiger partial charge in [-0.2, -0.15) is 0 Å². The number of primary amides is 1. The molecular formula is C14H18ClN3O2. The molecule has 2 rings (SSSR count). The predicted octanol–water partition coefficient (Wildman–Crippen LogP) is 2.61. The zero-order valence-corrected chi connectivity index (χ0v) is 12.5. The molecule has 5 nitrogen and oxygen atoms in total. The maximum absolute atomic E-state index is 11.5. The molecule has 0 saturated heterocycles. The minimum Gasteiger partial charge on any atom is -0.489 e. The topological polar surface area (TPSA) is 70.1 Å². The third-order valence-electron chi connectivity index (χ3n) is 3.04. The Morgan fingerprint density at radius 3 is 2.70 bits per heavy atom. The number of halogens is 1. The van der Waals surface area contributed by atoms with Crippen molar-refractivity contribution < 1.29 is 9.53 Å². The van der Waals surface area contributed by atoms with Crippen LogP contribution >= 0.6 is 11.6 Å². The van der Waals surface area contributed by atoms with Gasteiger partial charge in [0.1, 0.15) is 23.1 Å². The van der Waals surface area contributed by atoms with Crippen LogP contribution in [0.25, 0.3) is 11.0 Å². The maximum atomic E-state index is 11.5. The van der Waals surface area contributed by atoms with Crippen LogP contribution in [0.1, 0.15) is 32.6 Å². The number of amides is 1. The van der Waals surface area contributed by atoms with E-state index in [1.807, 2.05) is 32.0 Å². The lowest BCUT2D eigenvalue weighted by molar-refractivity contribution is -0.120. The van der Waals surface area contributed by atoms with Crippen LogP contribution in [0, 0.1) is 0 Å². The van der Waals surface area contributed by atoms with Gasteiger partial charge < -0.3 is 15.0 Å². The zero-order chi connectivity index (χ0) is 14.9. The van der Waals surface area contributed by atoms with E-state index in [0.717, 1.165) is 5.52 Å². The molecule has 1 unspecified atom stereocenters. The Kier molecular flexibility index (Phi) is 4.18. The number of hydrogen-bond donors (Lipinski definition) is 1. The van der Waals surface area contributed by atoms with E-state index in [2.05, 4.69) is 4.98 Å². The smallest absolute Gasteiger partial charge is 0.240 e. The number of hydrogen-bond acceptors (Lipinski definition) is 3. The number of alkyl halides is 1. The number of benzene rings is 1. The molecule has 1 aromatic carbocycles. The number of imidazole rings is 1. The monoisotopic (exact) mass is 295 g/mol. The normalized spacial score (nSPS) is 12.8. The summed E-state index contributed by atoms with van der Waals surface area (Å²) < 4.78 is 7.51. The third-order valence-corrected chi connectivity index (χ3v) is 3.28. The third kappa shape index (κ3) is 2.58. The number of para-hydroxylation sites is 1. The van der Waals surface area contributed by atoms with Gasteiger partial charge in [0.25, 0.3) is 0 Å². The molecule has 0 aliphatic carbocycles. The average molecular weight is 296 g/mol. The highest BCUT2D eigenvalue weighted by Gasteiger charge is 2.21. The Labute approximate surface area is 122 Å². The van der Waals surface area contributed by atoms with Crippen molar-refractivity contribution >= 4 is 28.5 Å². The summed E-state index contributed by atoms with van der Waals surface area (Å²) >= 11 is 5.93. The van der Waals surface area contributed by atoms with Gasteiger partial charge in [0, 0.05) is 0 Å². The Bertz CT molecular complexity index is 637. The van der Waals surface area contributed by atoms with Gasteiger partial charge in [0.2, 0.25) is 5.91 Å². The van der Waals surface area contributed by atoms with Crippen molar-refractivity contribution in [3.8, 4) is 5.75 Å². The lowest BCUT2D eigenvalue weighted by Gasteiger charge is -2.14. The van der Waals surface area contributed by atoms with Crippen molar-refractivity contribution in [3.05, 3.63) is 24.0 Å². The summed E-state index contributed by atoms with van der Waals surface area (Å²) in [6, 6.07) is 5.09. The van der Waals surface area contributed by atoms with E-state index in [4.69, 9.17) is 22.1 Å². The van der Waals surface area contributed by atoms with Gasteiger partial charge in [-0.15, -0.1) is 11.6 Å². The molecule has 6 heteroatoms. The maximum Gasteiger partial charge on any atom is 0.240 e. The summed E-state index contributed by atoms with van der Waals surface area (Å²) in [5, 5.41) is 0. The van der Waals surface area contributed by atoms with Gasteiger partial charge >= 0.3 is 0 Å². The first-order valence-corrected chi connectivity index (χ1v) is 7.01. The second-order valence-electron chi connectivity index (χ2n) is 4.90. The number of fused-ring (bicyclic) bond motifs is 1. The fourth-order valence-corrected chi connectivity index (χ4v) is 2.33. The van der Waals surface area contributed by atoms with Crippen LogP contribution in [0.3, 0.4) is 0 Å². The molecule has 1 aromatic heterocycles. The minimum atomic E-state index is -0.511. The fourth-order valence-electron chi connectivity index (χ4n) is 2.14. The van der Waals surface area contributed by atoms with Crippen LogP contribution < -0.4 is 10.5 Å². The molecule has 20 heavy (non-hydrogen) atoms. The lowest BCUT2D eigenvalue weighted by atomic mass is 10.2. The molecular weight excluding hydrogens is 278 g/mol. The summed E-state index contributed by atoms with van der Waals surface area (Å²) in [6.07, 6.45) is 0.0405. The van der Waals surface area contributed by atoms with Gasteiger partial charge in [-0.1, -0.05) is 6.07 Å². The highest BCUT2D eigenvalue weighted by molar-refractivity contribution is 6.17. The Morgan fingerprint density at radius 1 is 1.45 bits per heavy atom. The van der Waals surface area contributed by atoms with Crippen LogP contribution in [0.5, 0.6) is 5.75 Å². The SMILES string of the molecule is CC(C)Oc1cccc2c1nc(CCl)n2C(C)C(N)=O. The summed E-state index contributed by atoms with van der Waals surface area (Å²) in [5.74, 6) is 1.06. The van der Waals surface area contributed by atoms with Gasteiger partial charge in [-0.25, -0.2) is 4.98 Å². The van der Waals surface area contributed by atoms with E-state index in [-0.39, 0.29) is 12.0 Å². The van der Waals surface area contributed by atoms with E-state index >= 15 is 0 Å². The molecule has 1 heterocycles. The predicted molar refractivity (Wildman–Crippen MR) is 79.0 cm³/mol. The molecule has 0 fully saturated rings. The molecule has 108 valence electrons. The van der Waals surface area contributed by atoms with Crippen molar-refractivity contribution in [1.29, 1.82) is 0 Å². The standard InChI is InChI=1S/C14H18ClN3O2/c1-8(2)20-11-6-4-5-10-13(11)17-12(7-15)18(10)9(3)14(16)19/h4-6,8-9H,7H2,1-3H3,(H2,16,19). The number of nitrogens with two attached hydrogens (primary N) is 1. The number of rotatable bonds is 5. The van der Waals surface area contributed by atoms with E-state index in [1.165, 1.54) is 0 Å². The highest BCUT2D eigenvalue weighted by Crippen LogP contribution is 2.29. The highest BCUT2D eigenvalue weighted by atomic mass is 35.5. The van der Waals surface area contributed by atoms with Crippen LogP contribution in [-0.4, -0.2) is 21.6 Å². The molecule has 0 aliphatic rings. The summed E-state index contributed by atoms with van der Waals surface area (Å²) in [5.41, 5.74) is 6.89. The molecule has 0 saturated carbocycles. The van der Waals surface area contributed by atoms with Crippen molar-refractivity contribution in [2.75, 3.05) is 0 Å². The summed E-state index contributed by atoms with van der Waals surface area (Å²) in [4.78, 5) is 16.0. The van der Waals surface area contributed by atoms with E-state index in [9.17, 15) is 4.79 Å². The van der Waals surface area contributed by atoms with E-state index in [0.29, 0.717) is 17.1 Å². The Hall–Kier alpha value is -1.75. The van der Waals surface area contributed by atoms with Crippen molar-refractivity contribution in [1.82, 2.24) is 9.55 Å². The second kappa shape index (κ2) is 5.71. The molecule has 1 atom stereocenters. The van der Waals surface area contributed by atoms with Crippen molar-refractivity contribution in [2.24, 2.45) is 5.73 Å². The first-order chi connectivity index (χ1) is 9.45. The molecule has 0 bridgehead atoms. The van der Waals surface area contributed by atoms with Gasteiger partial charge in [0.15, 0.2) is 0 Å². The number of ether oxygens (including phenoxy) is 1. The molecule has 1 amide bonds. The van der Waals surface area contributed by atoms with Gasteiger partial charge in [-0.3, -0.25) is 4.79 Å². The van der Waals surface area contributed by atoms with Crippen LogP contribution in [-0.2, 0) is 10.7 Å². The number of aromatic nitrogens is 2. The van der Waals surface area contributed by atoms with Crippen molar-refractivity contribution in [3.63, 3.8) is 0 Å². The lowest BCUT2D eigenvalue weighted by Crippen LogP contribution is -2.25. The van der Waals surface area contributed by atoms with E-state index < -0.39 is 11.9 Å². The molecule has 2 aromatic rings. The average Bonchev–Trinajstić information content (AvgIpc) is 2.76. The number of carbonyl (C=O) groups is 1. The van der Waals surface area contributed by atoms with Crippen LogP contribution in [0.2, 0.25) is 0 Å². The van der Waals surface area contributed by atoms with E-state index in [1.54, 1.807) is 11.5 Å². The Morgan fingerprint density at radius 2 is 2.15 bits per heavy atom. The molecule has 0 aliphatic heterocycles. The van der Waals surface area contributed by atoms with Gasteiger partial charge in [0.05, 0.1) is 17.5 Å². The number of nitrogens with zero attached hydrogens (tertiary/aromatic N) is 2. The van der Waals surface area contributed by atoms with Crippen molar-refractivity contribution in [2.45, 2.75) is 38.8 Å². The van der Waals surface area contributed by atoms with Crippen LogP contribution in [0.4, 0.5) is 0 Å². The van der Waals surface area contributed by atoms with Gasteiger partial charge in [-0.05, 0) is 32.9 Å². The quantitative estimate of drug-likeness (QED) is 0.862. The zero-order valence-electron chi connectivity index (χ0n) is 11.8. The summed E-state index contributed by atoms with van der Waals surface area (Å²) in [7, 11) is 0. The fraction of sp³-hybridized carbons (Fsp3) is 0.429. The first-order valence-electron chi connectivity index (χ1n) is 6.47.